The topological polar surface area (TPSA) is 56.5 Å². The normalized spacial score (nSPS) is 10.4. The summed E-state index contributed by atoms with van der Waals surface area (Å²) < 4.78 is 1.69. The summed E-state index contributed by atoms with van der Waals surface area (Å²) in [5.74, 6) is 0.719. The molecule has 0 aliphatic rings. The van der Waals surface area contributed by atoms with Crippen LogP contribution in [0, 0.1) is 0 Å². The molecule has 0 bridgehead atoms. The van der Waals surface area contributed by atoms with Gasteiger partial charge in [-0.3, -0.25) is 4.98 Å². The molecule has 0 aliphatic heterocycles. The number of pyridine rings is 1. The van der Waals surface area contributed by atoms with Crippen molar-refractivity contribution in [2.45, 2.75) is 0 Å². The van der Waals surface area contributed by atoms with E-state index in [0.717, 1.165) is 17.1 Å². The van der Waals surface area contributed by atoms with Crippen LogP contribution in [0.2, 0.25) is 0 Å². The summed E-state index contributed by atoms with van der Waals surface area (Å²) in [6.07, 6.45) is 3.43. The van der Waals surface area contributed by atoms with Crippen LogP contribution in [0.25, 0.3) is 17.1 Å². The Kier molecular flexibility index (Phi) is 2.34. The summed E-state index contributed by atoms with van der Waals surface area (Å²) >= 11 is 0. The van der Waals surface area contributed by atoms with Crippen molar-refractivity contribution in [3.63, 3.8) is 0 Å². The molecule has 5 heteroatoms. The number of benzene rings is 1. The fourth-order valence-corrected chi connectivity index (χ4v) is 1.61. The Morgan fingerprint density at radius 2 is 1.65 bits per heavy atom. The SMILES string of the molecule is c1ccc(-c2nnnn2-c2ccncc2)cc1. The third-order valence-corrected chi connectivity index (χ3v) is 2.41. The Balaban J connectivity index is 2.13. The van der Waals surface area contributed by atoms with Gasteiger partial charge in [0.1, 0.15) is 0 Å². The van der Waals surface area contributed by atoms with Crippen LogP contribution in [0.1, 0.15) is 0 Å². The Labute approximate surface area is 97.7 Å². The molecule has 3 rings (SSSR count). The van der Waals surface area contributed by atoms with Crippen LogP contribution in [-0.4, -0.2) is 25.2 Å². The molecule has 0 unspecified atom stereocenters. The largest absolute Gasteiger partial charge is 0.265 e. The molecular weight excluding hydrogens is 214 g/mol. The first-order chi connectivity index (χ1) is 8.45. The summed E-state index contributed by atoms with van der Waals surface area (Å²) in [6, 6.07) is 13.6. The second-order valence-corrected chi connectivity index (χ2v) is 3.49. The Hall–Kier alpha value is -2.56. The van der Waals surface area contributed by atoms with Crippen LogP contribution in [0.5, 0.6) is 0 Å². The van der Waals surface area contributed by atoms with Gasteiger partial charge in [-0.15, -0.1) is 5.10 Å². The minimum atomic E-state index is 0.719. The number of rotatable bonds is 2. The molecule has 0 saturated carbocycles. The first-order valence-electron chi connectivity index (χ1n) is 5.19. The highest BCUT2D eigenvalue weighted by Gasteiger charge is 2.09. The van der Waals surface area contributed by atoms with Gasteiger partial charge in [-0.25, -0.2) is 0 Å². The molecule has 2 aromatic heterocycles. The van der Waals surface area contributed by atoms with Gasteiger partial charge in [0.15, 0.2) is 5.82 Å². The van der Waals surface area contributed by atoms with Crippen molar-refractivity contribution < 1.29 is 0 Å². The average molecular weight is 223 g/mol. The molecule has 1 aromatic carbocycles. The highest BCUT2D eigenvalue weighted by atomic mass is 15.5. The summed E-state index contributed by atoms with van der Waals surface area (Å²) in [4.78, 5) is 3.98. The molecule has 82 valence electrons. The lowest BCUT2D eigenvalue weighted by atomic mass is 10.2. The zero-order valence-electron chi connectivity index (χ0n) is 8.93. The maximum atomic E-state index is 4.04. The molecule has 2 heterocycles. The molecular formula is C12H9N5. The minimum Gasteiger partial charge on any atom is -0.265 e. The number of aromatic nitrogens is 5. The molecule has 0 N–H and O–H groups in total. The number of nitrogens with zero attached hydrogens (tertiary/aromatic N) is 5. The third kappa shape index (κ3) is 1.78. The van der Waals surface area contributed by atoms with E-state index in [-0.39, 0.29) is 0 Å². The monoisotopic (exact) mass is 223 g/mol. The standard InChI is InChI=1S/C12H9N5/c1-2-4-10(5-3-1)12-14-15-16-17(12)11-6-8-13-9-7-11/h1-9H. The zero-order valence-corrected chi connectivity index (χ0v) is 8.93. The van der Waals surface area contributed by atoms with E-state index in [2.05, 4.69) is 20.5 Å². The summed E-state index contributed by atoms with van der Waals surface area (Å²) in [6.45, 7) is 0. The van der Waals surface area contributed by atoms with Crippen LogP contribution < -0.4 is 0 Å². The molecule has 17 heavy (non-hydrogen) atoms. The number of tetrazole rings is 1. The van der Waals surface area contributed by atoms with Crippen LogP contribution in [0.4, 0.5) is 0 Å². The first kappa shape index (κ1) is 9.65. The van der Waals surface area contributed by atoms with E-state index in [1.807, 2.05) is 42.5 Å². The van der Waals surface area contributed by atoms with Crippen molar-refractivity contribution >= 4 is 0 Å². The van der Waals surface area contributed by atoms with Gasteiger partial charge in [0.2, 0.25) is 0 Å². The van der Waals surface area contributed by atoms with Crippen molar-refractivity contribution in [2.75, 3.05) is 0 Å². The molecule has 0 amide bonds. The molecule has 0 spiro atoms. The minimum absolute atomic E-state index is 0.719. The van der Waals surface area contributed by atoms with Crippen molar-refractivity contribution in [3.8, 4) is 17.1 Å². The average Bonchev–Trinajstić information content (AvgIpc) is 2.90. The second kappa shape index (κ2) is 4.13. The van der Waals surface area contributed by atoms with Crippen LogP contribution in [0.15, 0.2) is 54.9 Å². The lowest BCUT2D eigenvalue weighted by Crippen LogP contribution is -1.99. The predicted molar refractivity (Wildman–Crippen MR) is 62.4 cm³/mol. The molecule has 0 aliphatic carbocycles. The Morgan fingerprint density at radius 1 is 0.882 bits per heavy atom. The second-order valence-electron chi connectivity index (χ2n) is 3.49. The fourth-order valence-electron chi connectivity index (χ4n) is 1.61. The van der Waals surface area contributed by atoms with Gasteiger partial charge < -0.3 is 0 Å². The summed E-state index contributed by atoms with van der Waals surface area (Å²) in [7, 11) is 0. The predicted octanol–water partition coefficient (Wildman–Crippen LogP) is 1.72. The first-order valence-corrected chi connectivity index (χ1v) is 5.19. The van der Waals surface area contributed by atoms with Gasteiger partial charge >= 0.3 is 0 Å². The van der Waals surface area contributed by atoms with Crippen molar-refractivity contribution in [3.05, 3.63) is 54.9 Å². The lowest BCUT2D eigenvalue weighted by molar-refractivity contribution is 0.790. The van der Waals surface area contributed by atoms with E-state index in [4.69, 9.17) is 0 Å². The maximum Gasteiger partial charge on any atom is 0.187 e. The molecule has 0 fully saturated rings. The van der Waals surface area contributed by atoms with Crippen molar-refractivity contribution in [2.24, 2.45) is 0 Å². The molecule has 0 radical (unpaired) electrons. The van der Waals surface area contributed by atoms with E-state index in [0.29, 0.717) is 0 Å². The summed E-state index contributed by atoms with van der Waals surface area (Å²) in [5.41, 5.74) is 1.87. The van der Waals surface area contributed by atoms with Gasteiger partial charge in [0.25, 0.3) is 0 Å². The number of hydrogen-bond acceptors (Lipinski definition) is 4. The van der Waals surface area contributed by atoms with E-state index in [9.17, 15) is 0 Å². The van der Waals surface area contributed by atoms with E-state index >= 15 is 0 Å². The fraction of sp³-hybridized carbons (Fsp3) is 0. The zero-order chi connectivity index (χ0) is 11.5. The summed E-state index contributed by atoms with van der Waals surface area (Å²) in [5, 5.41) is 11.8. The van der Waals surface area contributed by atoms with E-state index < -0.39 is 0 Å². The van der Waals surface area contributed by atoms with Crippen molar-refractivity contribution in [1.82, 2.24) is 25.2 Å². The van der Waals surface area contributed by atoms with E-state index in [1.54, 1.807) is 17.1 Å². The van der Waals surface area contributed by atoms with Crippen LogP contribution in [0.3, 0.4) is 0 Å². The molecule has 3 aromatic rings. The molecule has 5 nitrogen and oxygen atoms in total. The molecule has 0 atom stereocenters. The van der Waals surface area contributed by atoms with Crippen molar-refractivity contribution in [1.29, 1.82) is 0 Å². The maximum absolute atomic E-state index is 4.04. The van der Waals surface area contributed by atoms with E-state index in [1.165, 1.54) is 0 Å². The van der Waals surface area contributed by atoms with Crippen LogP contribution >= 0.6 is 0 Å². The molecule has 0 saturated heterocycles. The quantitative estimate of drug-likeness (QED) is 0.663. The number of hydrogen-bond donors (Lipinski definition) is 0. The third-order valence-electron chi connectivity index (χ3n) is 2.41. The van der Waals surface area contributed by atoms with Gasteiger partial charge in [-0.05, 0) is 22.6 Å². The highest BCUT2D eigenvalue weighted by molar-refractivity contribution is 5.56. The van der Waals surface area contributed by atoms with Gasteiger partial charge in [-0.1, -0.05) is 30.3 Å². The lowest BCUT2D eigenvalue weighted by Gasteiger charge is -2.03. The van der Waals surface area contributed by atoms with Crippen LogP contribution in [-0.2, 0) is 0 Å². The Bertz CT molecular complexity index is 549. The van der Waals surface area contributed by atoms with Gasteiger partial charge in [-0.2, -0.15) is 4.68 Å². The smallest absolute Gasteiger partial charge is 0.187 e. The highest BCUT2D eigenvalue weighted by Crippen LogP contribution is 2.17. The van der Waals surface area contributed by atoms with Gasteiger partial charge in [0.05, 0.1) is 5.69 Å². The van der Waals surface area contributed by atoms with Gasteiger partial charge in [0, 0.05) is 18.0 Å². The Morgan fingerprint density at radius 3 is 2.41 bits per heavy atom.